The summed E-state index contributed by atoms with van der Waals surface area (Å²) >= 11 is 0. The summed E-state index contributed by atoms with van der Waals surface area (Å²) in [5, 5.41) is 8.72. The maximum Gasteiger partial charge on any atom is 0.460 e. The summed E-state index contributed by atoms with van der Waals surface area (Å²) in [5.74, 6) is -16.3. The number of allylic oxidation sites excluding steroid dienone is 2. The Morgan fingerprint density at radius 1 is 0.889 bits per heavy atom. The average molecular weight is 522 g/mol. The fourth-order valence-electron chi connectivity index (χ4n) is 1.44. The predicted molar refractivity (Wildman–Crippen MR) is 89.7 cm³/mol. The third-order valence-electron chi connectivity index (χ3n) is 3.42. The standard InChI is InChI=1S/C10H11F7O2.C6H15P.Ag/c1-7(2,3)5(18)4-6(19)8(11,12)9(13,14)10(15,16)17;1-4-7(5-2)6-3;/h4,19H,1-3H3;4-6H2,1-3H3;/b6-4-;;. The van der Waals surface area contributed by atoms with Gasteiger partial charge in [0.2, 0.25) is 0 Å². The Kier molecular flexibility index (Phi) is 13.8. The molecule has 0 aliphatic rings. The molecular weight excluding hydrogens is 496 g/mol. The van der Waals surface area contributed by atoms with E-state index in [2.05, 4.69) is 20.8 Å². The molecule has 0 aromatic heterocycles. The third kappa shape index (κ3) is 9.29. The summed E-state index contributed by atoms with van der Waals surface area (Å²) in [5.41, 5.74) is -1.32. The van der Waals surface area contributed by atoms with E-state index >= 15 is 0 Å². The Bertz CT molecular complexity index is 477. The van der Waals surface area contributed by atoms with Crippen LogP contribution in [-0.4, -0.2) is 47.4 Å². The van der Waals surface area contributed by atoms with E-state index in [1.54, 1.807) is 0 Å². The fourth-order valence-corrected chi connectivity index (χ4v) is 2.78. The van der Waals surface area contributed by atoms with Crippen LogP contribution in [-0.2, 0) is 27.2 Å². The molecule has 0 atom stereocenters. The molecule has 0 unspecified atom stereocenters. The van der Waals surface area contributed by atoms with Crippen LogP contribution < -0.4 is 0 Å². The van der Waals surface area contributed by atoms with Gasteiger partial charge >= 0.3 is 18.0 Å². The molecular formula is C16H26AgF7O2P. The molecule has 1 N–H and O–H groups in total. The molecule has 0 aliphatic carbocycles. The van der Waals surface area contributed by atoms with E-state index in [0.29, 0.717) is 7.92 Å². The molecule has 0 saturated carbocycles. The largest absolute Gasteiger partial charge is 0.506 e. The van der Waals surface area contributed by atoms with Gasteiger partial charge < -0.3 is 5.11 Å². The van der Waals surface area contributed by atoms with Gasteiger partial charge in [0.25, 0.3) is 0 Å². The van der Waals surface area contributed by atoms with Gasteiger partial charge in [-0.1, -0.05) is 41.5 Å². The molecule has 0 bridgehead atoms. The van der Waals surface area contributed by atoms with Gasteiger partial charge in [-0.15, -0.1) is 7.92 Å². The number of carbonyl (C=O) groups is 1. The number of aliphatic hydroxyl groups excluding tert-OH is 1. The van der Waals surface area contributed by atoms with E-state index in [0.717, 1.165) is 0 Å². The maximum absolute atomic E-state index is 12.9. The first-order valence-corrected chi connectivity index (χ1v) is 9.80. The van der Waals surface area contributed by atoms with Crippen LogP contribution in [0.1, 0.15) is 41.5 Å². The van der Waals surface area contributed by atoms with Crippen molar-refractivity contribution >= 4 is 13.7 Å². The smallest absolute Gasteiger partial charge is 0.460 e. The summed E-state index contributed by atoms with van der Waals surface area (Å²) in [6.07, 6.45) is -2.63. The number of ketones is 1. The number of rotatable bonds is 6. The Labute approximate surface area is 172 Å². The minimum absolute atomic E-state index is 0. The molecule has 167 valence electrons. The summed E-state index contributed by atoms with van der Waals surface area (Å²) in [7, 11) is 0.446. The zero-order valence-electron chi connectivity index (χ0n) is 15.9. The van der Waals surface area contributed by atoms with Crippen LogP contribution >= 0.6 is 7.92 Å². The van der Waals surface area contributed by atoms with Gasteiger partial charge in [0, 0.05) is 33.9 Å². The second-order valence-corrected chi connectivity index (χ2v) is 9.65. The van der Waals surface area contributed by atoms with Crippen molar-refractivity contribution in [1.82, 2.24) is 0 Å². The van der Waals surface area contributed by atoms with Crippen molar-refractivity contribution in [3.8, 4) is 0 Å². The molecule has 0 amide bonds. The van der Waals surface area contributed by atoms with Gasteiger partial charge in [0.15, 0.2) is 11.5 Å². The van der Waals surface area contributed by atoms with Crippen molar-refractivity contribution in [2.45, 2.75) is 59.6 Å². The summed E-state index contributed by atoms with van der Waals surface area (Å²) in [6.45, 7) is 10.5. The van der Waals surface area contributed by atoms with Crippen molar-refractivity contribution in [3.63, 3.8) is 0 Å². The molecule has 0 saturated heterocycles. The molecule has 11 heteroatoms. The van der Waals surface area contributed by atoms with Crippen molar-refractivity contribution in [3.05, 3.63) is 11.8 Å². The number of alkyl halides is 7. The quantitative estimate of drug-likeness (QED) is 0.144. The van der Waals surface area contributed by atoms with Gasteiger partial charge in [-0.2, -0.15) is 30.7 Å². The van der Waals surface area contributed by atoms with Gasteiger partial charge in [-0.3, -0.25) is 4.79 Å². The molecule has 1 radical (unpaired) electrons. The molecule has 0 fully saturated rings. The van der Waals surface area contributed by atoms with Crippen LogP contribution in [0.2, 0.25) is 0 Å². The molecule has 0 aliphatic heterocycles. The monoisotopic (exact) mass is 521 g/mol. The number of carbonyl (C=O) groups excluding carboxylic acids is 1. The second-order valence-electron chi connectivity index (χ2n) is 6.41. The minimum Gasteiger partial charge on any atom is -0.506 e. The Morgan fingerprint density at radius 2 is 1.22 bits per heavy atom. The number of hydrogen-bond donors (Lipinski definition) is 1. The molecule has 0 spiro atoms. The number of hydrogen-bond acceptors (Lipinski definition) is 2. The van der Waals surface area contributed by atoms with E-state index in [4.69, 9.17) is 5.11 Å². The summed E-state index contributed by atoms with van der Waals surface area (Å²) in [6, 6.07) is 0. The number of aliphatic hydroxyl groups is 1. The average Bonchev–Trinajstić information content (AvgIpc) is 2.47. The van der Waals surface area contributed by atoms with Crippen molar-refractivity contribution in [2.24, 2.45) is 5.41 Å². The Hall–Kier alpha value is -0.110. The van der Waals surface area contributed by atoms with Gasteiger partial charge in [-0.25, -0.2) is 0 Å². The van der Waals surface area contributed by atoms with Gasteiger partial charge in [0.05, 0.1) is 0 Å². The number of halogens is 7. The minimum atomic E-state index is -6.57. The zero-order chi connectivity index (χ0) is 21.6. The van der Waals surface area contributed by atoms with Gasteiger partial charge in [-0.05, 0) is 18.5 Å². The molecule has 0 aromatic rings. The van der Waals surface area contributed by atoms with E-state index < -0.39 is 35.0 Å². The summed E-state index contributed by atoms with van der Waals surface area (Å²) < 4.78 is 86.3. The van der Waals surface area contributed by atoms with Crippen LogP contribution in [0.4, 0.5) is 30.7 Å². The molecule has 0 aromatic carbocycles. The van der Waals surface area contributed by atoms with Crippen molar-refractivity contribution < 1.29 is 63.0 Å². The first-order chi connectivity index (χ1) is 11.4. The Morgan fingerprint density at radius 3 is 1.41 bits per heavy atom. The topological polar surface area (TPSA) is 37.3 Å². The van der Waals surface area contributed by atoms with Crippen LogP contribution in [0.5, 0.6) is 0 Å². The normalized spacial score (nSPS) is 13.6. The molecule has 27 heavy (non-hydrogen) atoms. The second kappa shape index (κ2) is 11.8. The third-order valence-corrected chi connectivity index (χ3v) is 6.10. The molecule has 0 heterocycles. The predicted octanol–water partition coefficient (Wildman–Crippen LogP) is 6.40. The van der Waals surface area contributed by atoms with E-state index in [9.17, 15) is 35.5 Å². The molecule has 0 rings (SSSR count). The molecule has 2 nitrogen and oxygen atoms in total. The Balaban J connectivity index is -0.000000612. The first-order valence-electron chi connectivity index (χ1n) is 7.90. The summed E-state index contributed by atoms with van der Waals surface area (Å²) in [4.78, 5) is 11.2. The SMILES string of the molecule is CC(C)(C)C(=O)/C=C(\O)C(F)(F)C(F)(F)C(F)(F)F.CCP(CC)CC.[Ag]. The van der Waals surface area contributed by atoms with Crippen LogP contribution in [0.25, 0.3) is 0 Å². The van der Waals surface area contributed by atoms with Crippen LogP contribution in [0.3, 0.4) is 0 Å². The van der Waals surface area contributed by atoms with Gasteiger partial charge in [0.1, 0.15) is 0 Å². The van der Waals surface area contributed by atoms with Crippen molar-refractivity contribution in [1.29, 1.82) is 0 Å². The fraction of sp³-hybridized carbons (Fsp3) is 0.812. The van der Waals surface area contributed by atoms with Crippen LogP contribution in [0.15, 0.2) is 11.8 Å². The first kappa shape index (κ1) is 31.6. The maximum atomic E-state index is 12.9. The zero-order valence-corrected chi connectivity index (χ0v) is 18.3. The van der Waals surface area contributed by atoms with Crippen LogP contribution in [0, 0.1) is 5.41 Å². The van der Waals surface area contributed by atoms with E-state index in [1.165, 1.54) is 39.3 Å². The van der Waals surface area contributed by atoms with E-state index in [1.807, 2.05) is 0 Å². The van der Waals surface area contributed by atoms with Crippen molar-refractivity contribution in [2.75, 3.05) is 18.5 Å². The van der Waals surface area contributed by atoms with E-state index in [-0.39, 0.29) is 28.5 Å².